The van der Waals surface area contributed by atoms with Crippen LogP contribution in [-0.2, 0) is 26.8 Å². The number of aromatic nitrogens is 1. The van der Waals surface area contributed by atoms with Gasteiger partial charge in [0.15, 0.2) is 9.84 Å². The second-order valence-corrected chi connectivity index (χ2v) is 7.47. The molecule has 1 amide bonds. The van der Waals surface area contributed by atoms with Crippen LogP contribution in [-0.4, -0.2) is 48.9 Å². The predicted octanol–water partition coefficient (Wildman–Crippen LogP) is 1.95. The minimum absolute atomic E-state index is 0.312. The van der Waals surface area contributed by atoms with Gasteiger partial charge in [0.2, 0.25) is 5.91 Å². The lowest BCUT2D eigenvalue weighted by molar-refractivity contribution is -0.163. The monoisotopic (exact) mass is 356 g/mol. The topological polar surface area (TPSA) is 80.5 Å². The van der Waals surface area contributed by atoms with Gasteiger partial charge in [0.1, 0.15) is 18.6 Å². The molecule has 0 aliphatic rings. The van der Waals surface area contributed by atoms with Crippen LogP contribution in [0.1, 0.15) is 32.0 Å². The van der Waals surface area contributed by atoms with Crippen molar-refractivity contribution >= 4 is 15.7 Å². The Hall–Kier alpha value is -1.58. The normalized spacial score (nSPS) is 12.7. The van der Waals surface area contributed by atoms with Gasteiger partial charge in [-0.2, -0.15) is 13.2 Å². The standard InChI is InChI=1S/C13H19F3N2O4S/c1-4-11-10(5-22-17-11)6-23(20,21)7-12(19)18(9(2)3)8-13(14,15)16/h5,9H,4,6-8H2,1-3H3. The maximum absolute atomic E-state index is 12.5. The van der Waals surface area contributed by atoms with Crippen molar-refractivity contribution in [3.63, 3.8) is 0 Å². The van der Waals surface area contributed by atoms with Crippen LogP contribution >= 0.6 is 0 Å². The van der Waals surface area contributed by atoms with E-state index in [2.05, 4.69) is 9.68 Å². The zero-order valence-electron chi connectivity index (χ0n) is 13.1. The highest BCUT2D eigenvalue weighted by Gasteiger charge is 2.35. The molecule has 132 valence electrons. The van der Waals surface area contributed by atoms with Crippen LogP contribution in [0.15, 0.2) is 10.8 Å². The van der Waals surface area contributed by atoms with Crippen molar-refractivity contribution in [1.29, 1.82) is 0 Å². The number of aryl methyl sites for hydroxylation is 1. The summed E-state index contributed by atoms with van der Waals surface area (Å²) in [5.41, 5.74) is 0.754. The molecular weight excluding hydrogens is 337 g/mol. The Labute approximate surface area is 132 Å². The van der Waals surface area contributed by atoms with Crippen LogP contribution in [0.25, 0.3) is 0 Å². The van der Waals surface area contributed by atoms with Crippen molar-refractivity contribution in [3.8, 4) is 0 Å². The molecular formula is C13H19F3N2O4S. The van der Waals surface area contributed by atoms with Gasteiger partial charge in [-0.25, -0.2) is 8.42 Å². The van der Waals surface area contributed by atoms with E-state index in [-0.39, 0.29) is 0 Å². The maximum Gasteiger partial charge on any atom is 0.406 e. The summed E-state index contributed by atoms with van der Waals surface area (Å²) >= 11 is 0. The molecule has 0 spiro atoms. The molecule has 0 unspecified atom stereocenters. The Kier molecular flexibility index (Phi) is 6.20. The molecule has 1 rings (SSSR count). The second kappa shape index (κ2) is 7.33. The third kappa shape index (κ3) is 6.20. The first kappa shape index (κ1) is 19.5. The van der Waals surface area contributed by atoms with Crippen molar-refractivity contribution in [3.05, 3.63) is 17.5 Å². The number of rotatable bonds is 7. The fourth-order valence-electron chi connectivity index (χ4n) is 2.00. The molecule has 0 saturated carbocycles. The van der Waals surface area contributed by atoms with Gasteiger partial charge in [-0.3, -0.25) is 4.79 Å². The van der Waals surface area contributed by atoms with Crippen molar-refractivity contribution in [2.75, 3.05) is 12.3 Å². The SMILES string of the molecule is CCc1nocc1CS(=O)(=O)CC(=O)N(CC(F)(F)F)C(C)C. The molecule has 0 aromatic carbocycles. The van der Waals surface area contributed by atoms with Crippen molar-refractivity contribution < 1.29 is 30.9 Å². The molecule has 10 heteroatoms. The molecule has 0 saturated heterocycles. The summed E-state index contributed by atoms with van der Waals surface area (Å²) in [6.07, 6.45) is -2.98. The Morgan fingerprint density at radius 2 is 2.00 bits per heavy atom. The highest BCUT2D eigenvalue weighted by atomic mass is 32.2. The Balaban J connectivity index is 2.84. The van der Waals surface area contributed by atoms with Crippen LogP contribution in [0.4, 0.5) is 13.2 Å². The molecule has 0 bridgehead atoms. The molecule has 6 nitrogen and oxygen atoms in total. The van der Waals surface area contributed by atoms with E-state index < -0.39 is 46.0 Å². The molecule has 23 heavy (non-hydrogen) atoms. The average molecular weight is 356 g/mol. The molecule has 1 heterocycles. The van der Waals surface area contributed by atoms with Crippen molar-refractivity contribution in [2.45, 2.75) is 45.2 Å². The maximum atomic E-state index is 12.5. The average Bonchev–Trinajstić information content (AvgIpc) is 2.80. The second-order valence-electron chi connectivity index (χ2n) is 5.40. The number of sulfone groups is 1. The van der Waals surface area contributed by atoms with Gasteiger partial charge in [-0.15, -0.1) is 0 Å². The van der Waals surface area contributed by atoms with Gasteiger partial charge in [0, 0.05) is 11.6 Å². The summed E-state index contributed by atoms with van der Waals surface area (Å²) in [6, 6.07) is -0.763. The van der Waals surface area contributed by atoms with E-state index in [0.717, 1.165) is 6.26 Å². The predicted molar refractivity (Wildman–Crippen MR) is 76.3 cm³/mol. The molecule has 0 aliphatic heterocycles. The number of carbonyl (C=O) groups excluding carboxylic acids is 1. The number of halogens is 3. The smallest absolute Gasteiger partial charge is 0.364 e. The van der Waals surface area contributed by atoms with Crippen LogP contribution in [0.2, 0.25) is 0 Å². The van der Waals surface area contributed by atoms with Gasteiger partial charge in [-0.05, 0) is 20.3 Å². The number of carbonyl (C=O) groups is 1. The zero-order chi connectivity index (χ0) is 17.8. The van der Waals surface area contributed by atoms with E-state index in [0.29, 0.717) is 22.6 Å². The summed E-state index contributed by atoms with van der Waals surface area (Å²) in [4.78, 5) is 12.5. The van der Waals surface area contributed by atoms with Crippen LogP contribution in [0.3, 0.4) is 0 Å². The number of hydrogen-bond acceptors (Lipinski definition) is 5. The summed E-state index contributed by atoms with van der Waals surface area (Å²) in [6.45, 7) is 3.06. The summed E-state index contributed by atoms with van der Waals surface area (Å²) in [7, 11) is -3.93. The first-order chi connectivity index (χ1) is 10.4. The van der Waals surface area contributed by atoms with Crippen LogP contribution in [0, 0.1) is 0 Å². The number of alkyl halides is 3. The summed E-state index contributed by atoms with van der Waals surface area (Å²) in [5, 5.41) is 3.63. The Morgan fingerprint density at radius 3 is 2.48 bits per heavy atom. The third-order valence-electron chi connectivity index (χ3n) is 3.08. The van der Waals surface area contributed by atoms with Gasteiger partial charge in [0.25, 0.3) is 0 Å². The number of amides is 1. The number of nitrogens with zero attached hydrogens (tertiary/aromatic N) is 2. The van der Waals surface area contributed by atoms with Crippen LogP contribution < -0.4 is 0 Å². The largest absolute Gasteiger partial charge is 0.406 e. The minimum atomic E-state index is -4.59. The van der Waals surface area contributed by atoms with E-state index in [1.165, 1.54) is 13.8 Å². The molecule has 0 N–H and O–H groups in total. The van der Waals surface area contributed by atoms with E-state index in [9.17, 15) is 26.4 Å². The fraction of sp³-hybridized carbons (Fsp3) is 0.692. The lowest BCUT2D eigenvalue weighted by Crippen LogP contribution is -2.45. The van der Waals surface area contributed by atoms with Crippen molar-refractivity contribution in [1.82, 2.24) is 10.1 Å². The van der Waals surface area contributed by atoms with Gasteiger partial charge in [-0.1, -0.05) is 12.1 Å². The molecule has 1 aromatic rings. The molecule has 0 radical (unpaired) electrons. The van der Waals surface area contributed by atoms with E-state index in [4.69, 9.17) is 0 Å². The first-order valence-corrected chi connectivity index (χ1v) is 8.76. The van der Waals surface area contributed by atoms with E-state index in [1.54, 1.807) is 6.92 Å². The molecule has 0 fully saturated rings. The van der Waals surface area contributed by atoms with E-state index >= 15 is 0 Å². The number of hydrogen-bond donors (Lipinski definition) is 0. The zero-order valence-corrected chi connectivity index (χ0v) is 13.9. The first-order valence-electron chi connectivity index (χ1n) is 6.94. The van der Waals surface area contributed by atoms with Gasteiger partial charge >= 0.3 is 6.18 Å². The summed E-state index contributed by atoms with van der Waals surface area (Å²) < 4.78 is 66.3. The molecule has 0 atom stereocenters. The third-order valence-corrected chi connectivity index (χ3v) is 4.51. The molecule has 1 aromatic heterocycles. The fourth-order valence-corrected chi connectivity index (χ4v) is 3.35. The lowest BCUT2D eigenvalue weighted by atomic mass is 10.2. The quantitative estimate of drug-likeness (QED) is 0.746. The Bertz CT molecular complexity index is 638. The highest BCUT2D eigenvalue weighted by molar-refractivity contribution is 7.91. The minimum Gasteiger partial charge on any atom is -0.364 e. The Morgan fingerprint density at radius 1 is 1.39 bits per heavy atom. The van der Waals surface area contributed by atoms with Gasteiger partial charge < -0.3 is 9.42 Å². The van der Waals surface area contributed by atoms with E-state index in [1.807, 2.05) is 0 Å². The van der Waals surface area contributed by atoms with Gasteiger partial charge in [0.05, 0.1) is 11.4 Å². The summed E-state index contributed by atoms with van der Waals surface area (Å²) in [5.74, 6) is -2.56. The molecule has 0 aliphatic carbocycles. The van der Waals surface area contributed by atoms with Crippen molar-refractivity contribution in [2.24, 2.45) is 0 Å². The van der Waals surface area contributed by atoms with Crippen LogP contribution in [0.5, 0.6) is 0 Å². The lowest BCUT2D eigenvalue weighted by Gasteiger charge is -2.27. The highest BCUT2D eigenvalue weighted by Crippen LogP contribution is 2.19.